The number of rotatable bonds is 3. The van der Waals surface area contributed by atoms with Crippen LogP contribution >= 0.6 is 0 Å². The van der Waals surface area contributed by atoms with Crippen molar-refractivity contribution in [2.24, 2.45) is 0 Å². The highest BCUT2D eigenvalue weighted by Gasteiger charge is 2.51. The van der Waals surface area contributed by atoms with Crippen molar-refractivity contribution in [3.05, 3.63) is 125 Å². The first-order valence-corrected chi connectivity index (χ1v) is 12.5. The lowest BCUT2D eigenvalue weighted by Crippen LogP contribution is -2.41. The van der Waals surface area contributed by atoms with Crippen molar-refractivity contribution in [2.45, 2.75) is 51.2 Å². The van der Waals surface area contributed by atoms with Gasteiger partial charge >= 0.3 is 7.12 Å². The van der Waals surface area contributed by atoms with Gasteiger partial charge in [-0.2, -0.15) is 0 Å². The molecule has 1 aliphatic heterocycles. The molecule has 35 heavy (non-hydrogen) atoms. The molecule has 0 amide bonds. The van der Waals surface area contributed by atoms with E-state index in [1.165, 1.54) is 38.9 Å². The zero-order valence-electron chi connectivity index (χ0n) is 20.9. The van der Waals surface area contributed by atoms with Gasteiger partial charge in [0.1, 0.15) is 0 Å². The summed E-state index contributed by atoms with van der Waals surface area (Å²) in [4.78, 5) is 0. The molecule has 6 rings (SSSR count). The Morgan fingerprint density at radius 1 is 0.686 bits per heavy atom. The first-order valence-electron chi connectivity index (χ1n) is 12.5. The van der Waals surface area contributed by atoms with Crippen molar-refractivity contribution >= 4 is 12.6 Å². The van der Waals surface area contributed by atoms with Crippen molar-refractivity contribution in [2.75, 3.05) is 0 Å². The summed E-state index contributed by atoms with van der Waals surface area (Å²) in [7, 11) is -0.370. The average Bonchev–Trinajstić information content (AvgIpc) is 3.09. The van der Waals surface area contributed by atoms with Crippen molar-refractivity contribution in [1.29, 1.82) is 0 Å². The highest BCUT2D eigenvalue weighted by atomic mass is 16.7. The topological polar surface area (TPSA) is 18.5 Å². The molecule has 0 aromatic heterocycles. The Hall–Kier alpha value is -3.14. The molecule has 1 aliphatic carbocycles. The van der Waals surface area contributed by atoms with E-state index in [4.69, 9.17) is 9.31 Å². The molecule has 174 valence electrons. The van der Waals surface area contributed by atoms with E-state index in [0.717, 1.165) is 11.9 Å². The van der Waals surface area contributed by atoms with Gasteiger partial charge in [0.15, 0.2) is 0 Å². The quantitative estimate of drug-likeness (QED) is 0.279. The molecule has 1 unspecified atom stereocenters. The molecule has 2 aliphatic rings. The molecule has 4 aromatic carbocycles. The molecule has 1 saturated heterocycles. The maximum atomic E-state index is 6.37. The van der Waals surface area contributed by atoms with Crippen LogP contribution in [0.25, 0.3) is 11.1 Å². The predicted molar refractivity (Wildman–Crippen MR) is 144 cm³/mol. The molecule has 1 atom stereocenters. The zero-order valence-corrected chi connectivity index (χ0v) is 20.9. The summed E-state index contributed by atoms with van der Waals surface area (Å²) in [5.74, 6) is 0.202. The van der Waals surface area contributed by atoms with E-state index in [-0.39, 0.29) is 24.2 Å². The van der Waals surface area contributed by atoms with Crippen LogP contribution in [0.15, 0.2) is 97.1 Å². The minimum absolute atomic E-state index is 0.202. The molecule has 1 fully saturated rings. The van der Waals surface area contributed by atoms with Crippen LogP contribution in [0, 0.1) is 0 Å². The minimum Gasteiger partial charge on any atom is -0.399 e. The van der Waals surface area contributed by atoms with Gasteiger partial charge in [-0.15, -0.1) is 0 Å². The smallest absolute Gasteiger partial charge is 0.399 e. The monoisotopic (exact) mass is 458 g/mol. The number of hydrogen-bond acceptors (Lipinski definition) is 2. The van der Waals surface area contributed by atoms with E-state index in [1.807, 2.05) is 0 Å². The Bertz CT molecular complexity index is 1370. The van der Waals surface area contributed by atoms with Crippen LogP contribution in [0.3, 0.4) is 0 Å². The molecule has 1 heterocycles. The molecular formula is C32H31BO2. The molecule has 0 radical (unpaired) electrons. The fourth-order valence-electron chi connectivity index (χ4n) is 5.52. The van der Waals surface area contributed by atoms with Gasteiger partial charge in [0.25, 0.3) is 0 Å². The summed E-state index contributed by atoms with van der Waals surface area (Å²) in [6.07, 6.45) is 0.958. The molecular weight excluding hydrogens is 427 g/mol. The third-order valence-corrected chi connectivity index (χ3v) is 8.09. The van der Waals surface area contributed by atoms with Crippen LogP contribution in [-0.4, -0.2) is 18.3 Å². The summed E-state index contributed by atoms with van der Waals surface area (Å²) < 4.78 is 12.7. The van der Waals surface area contributed by atoms with Crippen molar-refractivity contribution in [3.8, 4) is 11.1 Å². The van der Waals surface area contributed by atoms with Gasteiger partial charge < -0.3 is 9.31 Å². The Balaban J connectivity index is 1.49. The van der Waals surface area contributed by atoms with Gasteiger partial charge in [0.2, 0.25) is 0 Å². The van der Waals surface area contributed by atoms with Gasteiger partial charge in [0.05, 0.1) is 11.2 Å². The van der Waals surface area contributed by atoms with Crippen LogP contribution in [0.1, 0.15) is 61.4 Å². The summed E-state index contributed by atoms with van der Waals surface area (Å²) in [5.41, 5.74) is 9.78. The molecule has 2 nitrogen and oxygen atoms in total. The fraction of sp³-hybridized carbons (Fsp3) is 0.250. The lowest BCUT2D eigenvalue weighted by Gasteiger charge is -2.32. The van der Waals surface area contributed by atoms with Crippen LogP contribution < -0.4 is 5.46 Å². The Kier molecular flexibility index (Phi) is 5.25. The van der Waals surface area contributed by atoms with E-state index < -0.39 is 0 Å². The van der Waals surface area contributed by atoms with E-state index in [2.05, 4.69) is 125 Å². The Labute approximate surface area is 209 Å². The molecule has 0 N–H and O–H groups in total. The highest BCUT2D eigenvalue weighted by Crippen LogP contribution is 2.45. The zero-order chi connectivity index (χ0) is 24.2. The fourth-order valence-corrected chi connectivity index (χ4v) is 5.52. The Morgan fingerprint density at radius 3 is 2.11 bits per heavy atom. The summed E-state index contributed by atoms with van der Waals surface area (Å²) in [6, 6.07) is 35.3. The van der Waals surface area contributed by atoms with Crippen LogP contribution in [0.2, 0.25) is 0 Å². The summed E-state index contributed by atoms with van der Waals surface area (Å²) >= 11 is 0. The maximum absolute atomic E-state index is 6.37. The highest BCUT2D eigenvalue weighted by molar-refractivity contribution is 6.62. The maximum Gasteiger partial charge on any atom is 0.494 e. The Morgan fingerprint density at radius 2 is 1.34 bits per heavy atom. The van der Waals surface area contributed by atoms with Crippen molar-refractivity contribution in [3.63, 3.8) is 0 Å². The standard InChI is InChI=1S/C32H31BO2/c1-31(2)32(3,4)35-33(34-31)26-17-10-15-24(21-26)28-19-11-16-25-20-23-14-8-9-18-27(23)29(30(25)28)22-12-6-5-7-13-22/h5-19,21,29H,20H2,1-4H3. The molecule has 4 aromatic rings. The van der Waals surface area contributed by atoms with Gasteiger partial charge in [-0.1, -0.05) is 97.1 Å². The van der Waals surface area contributed by atoms with E-state index >= 15 is 0 Å². The summed E-state index contributed by atoms with van der Waals surface area (Å²) in [6.45, 7) is 8.41. The van der Waals surface area contributed by atoms with Gasteiger partial charge in [0, 0.05) is 5.92 Å². The van der Waals surface area contributed by atoms with Gasteiger partial charge in [-0.25, -0.2) is 0 Å². The molecule has 0 bridgehead atoms. The van der Waals surface area contributed by atoms with E-state index in [9.17, 15) is 0 Å². The van der Waals surface area contributed by atoms with Crippen LogP contribution in [0.4, 0.5) is 0 Å². The minimum atomic E-state index is -0.370. The largest absolute Gasteiger partial charge is 0.494 e. The second-order valence-electron chi connectivity index (χ2n) is 10.8. The second-order valence-corrected chi connectivity index (χ2v) is 10.8. The second kappa shape index (κ2) is 8.22. The SMILES string of the molecule is CC1(C)OB(c2cccc(-c3cccc4c3C(c3ccccc3)c3ccccc3C4)c2)OC1(C)C. The number of fused-ring (bicyclic) bond motifs is 2. The van der Waals surface area contributed by atoms with Crippen molar-refractivity contribution < 1.29 is 9.31 Å². The van der Waals surface area contributed by atoms with Gasteiger partial charge in [-0.05, 0) is 78.5 Å². The first-order chi connectivity index (χ1) is 16.8. The predicted octanol–water partition coefficient (Wildman–Crippen LogP) is 6.74. The third kappa shape index (κ3) is 3.75. The number of hydrogen-bond donors (Lipinski definition) is 0. The van der Waals surface area contributed by atoms with Gasteiger partial charge in [-0.3, -0.25) is 0 Å². The number of benzene rings is 4. The lowest BCUT2D eigenvalue weighted by atomic mass is 9.71. The lowest BCUT2D eigenvalue weighted by molar-refractivity contribution is 0.00578. The van der Waals surface area contributed by atoms with Crippen molar-refractivity contribution in [1.82, 2.24) is 0 Å². The molecule has 3 heteroatoms. The van der Waals surface area contributed by atoms with E-state index in [0.29, 0.717) is 0 Å². The third-order valence-electron chi connectivity index (χ3n) is 8.09. The molecule has 0 saturated carbocycles. The van der Waals surface area contributed by atoms with Crippen LogP contribution in [0.5, 0.6) is 0 Å². The van der Waals surface area contributed by atoms with Crippen LogP contribution in [-0.2, 0) is 15.7 Å². The first kappa shape index (κ1) is 22.3. The molecule has 0 spiro atoms. The normalized spacial score (nSPS) is 19.8. The summed E-state index contributed by atoms with van der Waals surface area (Å²) in [5, 5.41) is 0. The van der Waals surface area contributed by atoms with E-state index in [1.54, 1.807) is 0 Å². The average molecular weight is 458 g/mol.